The van der Waals surface area contributed by atoms with Crippen LogP contribution in [0.1, 0.15) is 30.5 Å². The largest absolute Gasteiger partial charge is 0.468 e. The molecule has 140 valence electrons. The third kappa shape index (κ3) is 4.71. The van der Waals surface area contributed by atoms with Gasteiger partial charge >= 0.3 is 5.97 Å². The fraction of sp³-hybridized carbons (Fsp3) is 0.350. The molecule has 0 amide bonds. The molecule has 0 heterocycles. The first-order valence-corrected chi connectivity index (χ1v) is 9.71. The van der Waals surface area contributed by atoms with Crippen molar-refractivity contribution < 1.29 is 22.1 Å². The number of hydrogen-bond acceptors (Lipinski definition) is 5. The molecule has 2 aromatic rings. The molecule has 6 heteroatoms. The van der Waals surface area contributed by atoms with Gasteiger partial charge in [0, 0.05) is 0 Å². The van der Waals surface area contributed by atoms with Crippen LogP contribution in [0.5, 0.6) is 0 Å². The van der Waals surface area contributed by atoms with Crippen molar-refractivity contribution >= 4 is 16.1 Å². The number of benzene rings is 2. The van der Waals surface area contributed by atoms with Crippen LogP contribution in [0.25, 0.3) is 0 Å². The Morgan fingerprint density at radius 3 is 2.35 bits per heavy atom. The molecule has 26 heavy (non-hydrogen) atoms. The van der Waals surface area contributed by atoms with E-state index in [1.54, 1.807) is 26.0 Å². The summed E-state index contributed by atoms with van der Waals surface area (Å²) in [6.45, 7) is 5.49. The van der Waals surface area contributed by atoms with E-state index < -0.39 is 15.5 Å². The van der Waals surface area contributed by atoms with Gasteiger partial charge in [-0.15, -0.1) is 0 Å². The monoisotopic (exact) mass is 376 g/mol. The molecule has 0 N–H and O–H groups in total. The minimum atomic E-state index is -3.78. The first-order valence-electron chi connectivity index (χ1n) is 8.31. The average molecular weight is 376 g/mol. The average Bonchev–Trinajstić information content (AvgIpc) is 2.61. The lowest BCUT2D eigenvalue weighted by Gasteiger charge is -2.22. The molecule has 2 aromatic carbocycles. The van der Waals surface area contributed by atoms with Crippen molar-refractivity contribution in [2.24, 2.45) is 0 Å². The Morgan fingerprint density at radius 1 is 1.08 bits per heavy atom. The van der Waals surface area contributed by atoms with Crippen LogP contribution in [0.15, 0.2) is 53.4 Å². The lowest BCUT2D eigenvalue weighted by molar-refractivity contribution is -0.146. The molecule has 5 nitrogen and oxygen atoms in total. The Hall–Kier alpha value is -2.18. The lowest BCUT2D eigenvalue weighted by Crippen LogP contribution is -2.30. The van der Waals surface area contributed by atoms with E-state index in [2.05, 4.69) is 0 Å². The van der Waals surface area contributed by atoms with Gasteiger partial charge in [-0.3, -0.25) is 8.98 Å². The van der Waals surface area contributed by atoms with E-state index in [-0.39, 0.29) is 17.5 Å². The Balaban J connectivity index is 2.05. The third-order valence-electron chi connectivity index (χ3n) is 4.28. The molecule has 0 atom stereocenters. The molecule has 0 spiro atoms. The maximum Gasteiger partial charge on any atom is 0.315 e. The second kappa shape index (κ2) is 8.01. The predicted octanol–water partition coefficient (Wildman–Crippen LogP) is 3.39. The molecule has 0 aliphatic carbocycles. The van der Waals surface area contributed by atoms with Crippen molar-refractivity contribution in [3.63, 3.8) is 0 Å². The van der Waals surface area contributed by atoms with Gasteiger partial charge in [-0.25, -0.2) is 0 Å². The fourth-order valence-electron chi connectivity index (χ4n) is 2.53. The van der Waals surface area contributed by atoms with Gasteiger partial charge in [0.05, 0.1) is 24.0 Å². The molecule has 0 unspecified atom stereocenters. The van der Waals surface area contributed by atoms with Crippen molar-refractivity contribution in [3.8, 4) is 0 Å². The van der Waals surface area contributed by atoms with E-state index in [0.29, 0.717) is 6.42 Å². The number of esters is 1. The second-order valence-electron chi connectivity index (χ2n) is 6.66. The molecule has 2 rings (SSSR count). The Morgan fingerprint density at radius 2 is 1.73 bits per heavy atom. The molecule has 0 radical (unpaired) electrons. The SMILES string of the molecule is COC(=O)C(C)(C)c1cccc(CCOS(=O)(=O)c2ccc(C)cc2)c1. The zero-order chi connectivity index (χ0) is 19.4. The maximum atomic E-state index is 12.2. The van der Waals surface area contributed by atoms with E-state index in [0.717, 1.165) is 16.7 Å². The quantitative estimate of drug-likeness (QED) is 0.547. The van der Waals surface area contributed by atoms with E-state index in [1.807, 2.05) is 31.2 Å². The van der Waals surface area contributed by atoms with Crippen molar-refractivity contribution in [2.75, 3.05) is 13.7 Å². The van der Waals surface area contributed by atoms with E-state index in [4.69, 9.17) is 8.92 Å². The molecule has 0 aliphatic heterocycles. The van der Waals surface area contributed by atoms with Crippen LogP contribution >= 0.6 is 0 Å². The summed E-state index contributed by atoms with van der Waals surface area (Å²) in [7, 11) is -2.42. The summed E-state index contributed by atoms with van der Waals surface area (Å²) in [4.78, 5) is 12.1. The summed E-state index contributed by atoms with van der Waals surface area (Å²) in [6.07, 6.45) is 0.413. The molecule has 0 saturated carbocycles. The number of hydrogen-bond donors (Lipinski definition) is 0. The van der Waals surface area contributed by atoms with Gasteiger partial charge < -0.3 is 4.74 Å². The summed E-state index contributed by atoms with van der Waals surface area (Å²) in [5.74, 6) is -0.326. The van der Waals surface area contributed by atoms with Crippen LogP contribution in [0.3, 0.4) is 0 Å². The summed E-state index contributed by atoms with van der Waals surface area (Å²) in [6, 6.07) is 14.0. The van der Waals surface area contributed by atoms with E-state index in [1.165, 1.54) is 19.2 Å². The Labute approximate surface area is 155 Å². The highest BCUT2D eigenvalue weighted by atomic mass is 32.2. The second-order valence-corrected chi connectivity index (χ2v) is 8.27. The van der Waals surface area contributed by atoms with Crippen LogP contribution in [0.4, 0.5) is 0 Å². The zero-order valence-electron chi connectivity index (χ0n) is 15.5. The first-order chi connectivity index (χ1) is 12.2. The summed E-state index contributed by atoms with van der Waals surface area (Å²) in [5.41, 5.74) is 1.90. The third-order valence-corrected chi connectivity index (χ3v) is 5.61. The minimum absolute atomic E-state index is 0.0261. The molecule has 0 saturated heterocycles. The predicted molar refractivity (Wildman–Crippen MR) is 99.5 cm³/mol. The van der Waals surface area contributed by atoms with Crippen molar-refractivity contribution in [3.05, 3.63) is 65.2 Å². The van der Waals surface area contributed by atoms with Gasteiger partial charge in [-0.05, 0) is 50.5 Å². The number of ether oxygens (including phenoxy) is 1. The number of carbonyl (C=O) groups excluding carboxylic acids is 1. The van der Waals surface area contributed by atoms with Crippen LogP contribution in [0, 0.1) is 6.92 Å². The highest BCUT2D eigenvalue weighted by Gasteiger charge is 2.30. The van der Waals surface area contributed by atoms with Gasteiger partial charge in [0.15, 0.2) is 0 Å². The van der Waals surface area contributed by atoms with E-state index in [9.17, 15) is 13.2 Å². The Bertz CT molecular complexity index is 867. The van der Waals surface area contributed by atoms with Gasteiger partial charge in [0.1, 0.15) is 0 Å². The van der Waals surface area contributed by atoms with Gasteiger partial charge in [-0.1, -0.05) is 42.0 Å². The minimum Gasteiger partial charge on any atom is -0.468 e. The van der Waals surface area contributed by atoms with Gasteiger partial charge in [0.2, 0.25) is 0 Å². The van der Waals surface area contributed by atoms with Crippen LogP contribution in [0.2, 0.25) is 0 Å². The topological polar surface area (TPSA) is 69.7 Å². The lowest BCUT2D eigenvalue weighted by atomic mass is 9.84. The van der Waals surface area contributed by atoms with Crippen molar-refractivity contribution in [1.29, 1.82) is 0 Å². The zero-order valence-corrected chi connectivity index (χ0v) is 16.3. The van der Waals surface area contributed by atoms with Crippen molar-refractivity contribution in [2.45, 2.75) is 37.5 Å². The molecular weight excluding hydrogens is 352 g/mol. The molecule has 0 aromatic heterocycles. The summed E-state index contributed by atoms with van der Waals surface area (Å²) >= 11 is 0. The van der Waals surface area contributed by atoms with Crippen molar-refractivity contribution in [1.82, 2.24) is 0 Å². The number of methoxy groups -OCH3 is 1. The summed E-state index contributed by atoms with van der Waals surface area (Å²) in [5, 5.41) is 0. The molecular formula is C20H24O5S. The molecule has 0 bridgehead atoms. The fourth-order valence-corrected chi connectivity index (χ4v) is 3.44. The number of carbonyl (C=O) groups is 1. The van der Waals surface area contributed by atoms with E-state index >= 15 is 0 Å². The Kier molecular flexibility index (Phi) is 6.21. The van der Waals surface area contributed by atoms with Crippen LogP contribution < -0.4 is 0 Å². The first kappa shape index (κ1) is 20.1. The summed E-state index contributed by atoms with van der Waals surface area (Å²) < 4.78 is 34.4. The smallest absolute Gasteiger partial charge is 0.315 e. The highest BCUT2D eigenvalue weighted by Crippen LogP contribution is 2.25. The van der Waals surface area contributed by atoms with Crippen LogP contribution in [-0.2, 0) is 35.7 Å². The standard InChI is InChI=1S/C20H24O5S/c1-15-8-10-18(11-9-15)26(22,23)25-13-12-16-6-5-7-17(14-16)20(2,3)19(21)24-4/h5-11,14H,12-13H2,1-4H3. The number of aryl methyl sites for hydroxylation is 1. The highest BCUT2D eigenvalue weighted by molar-refractivity contribution is 7.86. The molecule has 0 fully saturated rings. The van der Waals surface area contributed by atoms with Gasteiger partial charge in [0.25, 0.3) is 10.1 Å². The molecule has 0 aliphatic rings. The maximum absolute atomic E-state index is 12.2. The number of rotatable bonds is 7. The van der Waals surface area contributed by atoms with Crippen LogP contribution in [-0.4, -0.2) is 28.1 Å². The van der Waals surface area contributed by atoms with Gasteiger partial charge in [-0.2, -0.15) is 8.42 Å². The normalized spacial score (nSPS) is 12.0.